The van der Waals surface area contributed by atoms with Gasteiger partial charge in [0.25, 0.3) is 5.56 Å². The van der Waals surface area contributed by atoms with E-state index in [1.54, 1.807) is 34.9 Å². The lowest BCUT2D eigenvalue weighted by molar-refractivity contribution is 1.05. The summed E-state index contributed by atoms with van der Waals surface area (Å²) in [5, 5.41) is 10.6. The molecular weight excluding hydrogens is 258 g/mol. The average molecular weight is 267 g/mol. The molecule has 3 aromatic rings. The van der Waals surface area contributed by atoms with Crippen molar-refractivity contribution >= 4 is 16.3 Å². The summed E-state index contributed by atoms with van der Waals surface area (Å²) in [6.07, 6.45) is 1.72. The lowest BCUT2D eigenvalue weighted by atomic mass is 10.0. The average Bonchev–Trinajstić information content (AvgIpc) is 2.88. The van der Waals surface area contributed by atoms with Crippen LogP contribution in [0.15, 0.2) is 40.6 Å². The third-order valence-corrected chi connectivity index (χ3v) is 3.71. The van der Waals surface area contributed by atoms with Crippen LogP contribution in [0.3, 0.4) is 0 Å². The Morgan fingerprint density at radius 1 is 1.32 bits per heavy atom. The van der Waals surface area contributed by atoms with E-state index in [0.717, 1.165) is 5.56 Å². The Balaban J connectivity index is 2.29. The van der Waals surface area contributed by atoms with Crippen molar-refractivity contribution in [1.29, 1.82) is 5.26 Å². The van der Waals surface area contributed by atoms with E-state index in [1.807, 2.05) is 12.3 Å². The highest BCUT2D eigenvalue weighted by atomic mass is 32.1. The molecule has 2 heterocycles. The van der Waals surface area contributed by atoms with Crippen molar-refractivity contribution < 1.29 is 0 Å². The minimum Gasteiger partial charge on any atom is -0.268 e. The maximum absolute atomic E-state index is 12.4. The Kier molecular flexibility index (Phi) is 2.65. The molecule has 92 valence electrons. The highest BCUT2D eigenvalue weighted by Crippen LogP contribution is 2.20. The van der Waals surface area contributed by atoms with Crippen molar-refractivity contribution in [2.45, 2.75) is 6.92 Å². The van der Waals surface area contributed by atoms with Crippen LogP contribution in [0, 0.1) is 18.3 Å². The molecular formula is C14H9N3OS. The van der Waals surface area contributed by atoms with Crippen LogP contribution in [0.4, 0.5) is 0 Å². The van der Waals surface area contributed by atoms with Gasteiger partial charge in [0.1, 0.15) is 0 Å². The number of benzene rings is 1. The SMILES string of the molecule is Cc1nc2sccn2c(=O)c1-c1ccc(C#N)cc1. The van der Waals surface area contributed by atoms with Crippen LogP contribution in [0.5, 0.6) is 0 Å². The van der Waals surface area contributed by atoms with Gasteiger partial charge in [0.15, 0.2) is 4.96 Å². The van der Waals surface area contributed by atoms with Crippen molar-refractivity contribution in [3.05, 3.63) is 57.5 Å². The molecule has 0 aliphatic carbocycles. The molecule has 0 amide bonds. The van der Waals surface area contributed by atoms with E-state index in [0.29, 0.717) is 21.8 Å². The standard InChI is InChI=1S/C14H9N3OS/c1-9-12(11-4-2-10(8-15)3-5-11)13(18)17-6-7-19-14(17)16-9/h2-7H,1H3. The molecule has 3 rings (SSSR count). The molecule has 19 heavy (non-hydrogen) atoms. The van der Waals surface area contributed by atoms with E-state index in [4.69, 9.17) is 5.26 Å². The molecule has 0 saturated heterocycles. The van der Waals surface area contributed by atoms with Crippen LogP contribution in [0.1, 0.15) is 11.3 Å². The topological polar surface area (TPSA) is 58.2 Å². The fraction of sp³-hybridized carbons (Fsp3) is 0.0714. The third-order valence-electron chi connectivity index (χ3n) is 2.95. The molecule has 0 fully saturated rings. The van der Waals surface area contributed by atoms with Crippen molar-refractivity contribution in [2.75, 3.05) is 0 Å². The number of aryl methyl sites for hydroxylation is 1. The smallest absolute Gasteiger partial charge is 0.266 e. The predicted octanol–water partition coefficient (Wildman–Crippen LogP) is 2.60. The lowest BCUT2D eigenvalue weighted by Gasteiger charge is -2.05. The number of thiazole rings is 1. The summed E-state index contributed by atoms with van der Waals surface area (Å²) in [5.74, 6) is 0. The van der Waals surface area contributed by atoms with Crippen LogP contribution in [0.2, 0.25) is 0 Å². The van der Waals surface area contributed by atoms with Crippen molar-refractivity contribution in [3.63, 3.8) is 0 Å². The van der Waals surface area contributed by atoms with Gasteiger partial charge in [-0.3, -0.25) is 9.20 Å². The quantitative estimate of drug-likeness (QED) is 0.681. The maximum atomic E-state index is 12.4. The number of hydrogen-bond acceptors (Lipinski definition) is 4. The van der Waals surface area contributed by atoms with Gasteiger partial charge in [-0.2, -0.15) is 5.26 Å². The van der Waals surface area contributed by atoms with Crippen LogP contribution in [-0.4, -0.2) is 9.38 Å². The molecule has 0 aliphatic heterocycles. The maximum Gasteiger partial charge on any atom is 0.266 e. The lowest BCUT2D eigenvalue weighted by Crippen LogP contribution is -2.16. The van der Waals surface area contributed by atoms with Crippen molar-refractivity contribution in [2.24, 2.45) is 0 Å². The van der Waals surface area contributed by atoms with E-state index in [2.05, 4.69) is 11.1 Å². The van der Waals surface area contributed by atoms with Gasteiger partial charge in [-0.1, -0.05) is 12.1 Å². The molecule has 2 aromatic heterocycles. The third kappa shape index (κ3) is 1.83. The van der Waals surface area contributed by atoms with Gasteiger partial charge in [-0.25, -0.2) is 4.98 Å². The Morgan fingerprint density at radius 3 is 2.74 bits per heavy atom. The molecule has 0 aliphatic rings. The highest BCUT2D eigenvalue weighted by molar-refractivity contribution is 7.15. The number of fused-ring (bicyclic) bond motifs is 1. The molecule has 1 aromatic carbocycles. The first-order chi connectivity index (χ1) is 9.20. The fourth-order valence-corrected chi connectivity index (χ4v) is 2.78. The molecule has 5 heteroatoms. The summed E-state index contributed by atoms with van der Waals surface area (Å²) in [5.41, 5.74) is 2.58. The molecule has 0 spiro atoms. The van der Waals surface area contributed by atoms with Gasteiger partial charge in [0, 0.05) is 11.6 Å². The molecule has 4 nitrogen and oxygen atoms in total. The zero-order valence-corrected chi connectivity index (χ0v) is 10.9. The van der Waals surface area contributed by atoms with Gasteiger partial charge in [-0.05, 0) is 24.6 Å². The van der Waals surface area contributed by atoms with E-state index in [9.17, 15) is 4.79 Å². The normalized spacial score (nSPS) is 10.5. The minimum absolute atomic E-state index is 0.0755. The summed E-state index contributed by atoms with van der Waals surface area (Å²) in [6, 6.07) is 9.03. The van der Waals surface area contributed by atoms with Crippen LogP contribution in [-0.2, 0) is 0 Å². The molecule has 0 N–H and O–H groups in total. The summed E-state index contributed by atoms with van der Waals surface area (Å²) in [6.45, 7) is 1.83. The highest BCUT2D eigenvalue weighted by Gasteiger charge is 2.12. The fourth-order valence-electron chi connectivity index (χ4n) is 2.03. The van der Waals surface area contributed by atoms with Gasteiger partial charge in [0.05, 0.1) is 22.9 Å². The zero-order valence-electron chi connectivity index (χ0n) is 10.1. The zero-order chi connectivity index (χ0) is 13.4. The van der Waals surface area contributed by atoms with Gasteiger partial charge in [-0.15, -0.1) is 11.3 Å². The second kappa shape index (κ2) is 4.34. The number of nitriles is 1. The predicted molar refractivity (Wildman–Crippen MR) is 74.2 cm³/mol. The van der Waals surface area contributed by atoms with E-state index in [-0.39, 0.29) is 5.56 Å². The summed E-state index contributed by atoms with van der Waals surface area (Å²) >= 11 is 1.43. The van der Waals surface area contributed by atoms with Crippen LogP contribution in [0.25, 0.3) is 16.1 Å². The van der Waals surface area contributed by atoms with E-state index in [1.165, 1.54) is 11.3 Å². The molecule has 0 unspecified atom stereocenters. The van der Waals surface area contributed by atoms with Gasteiger partial charge < -0.3 is 0 Å². The molecule has 0 atom stereocenters. The van der Waals surface area contributed by atoms with Crippen molar-refractivity contribution in [3.8, 4) is 17.2 Å². The first-order valence-electron chi connectivity index (χ1n) is 5.67. The summed E-state index contributed by atoms with van der Waals surface area (Å²) in [4.78, 5) is 17.6. The summed E-state index contributed by atoms with van der Waals surface area (Å²) < 4.78 is 1.55. The van der Waals surface area contributed by atoms with Crippen LogP contribution >= 0.6 is 11.3 Å². The number of rotatable bonds is 1. The molecule has 0 saturated carbocycles. The Hall–Kier alpha value is -2.45. The van der Waals surface area contributed by atoms with Gasteiger partial charge in [0.2, 0.25) is 0 Å². The second-order valence-corrected chi connectivity index (χ2v) is 5.00. The Morgan fingerprint density at radius 2 is 2.05 bits per heavy atom. The Labute approximate surface area is 113 Å². The first-order valence-corrected chi connectivity index (χ1v) is 6.55. The number of hydrogen-bond donors (Lipinski definition) is 0. The van der Waals surface area contributed by atoms with E-state index < -0.39 is 0 Å². The van der Waals surface area contributed by atoms with Crippen molar-refractivity contribution in [1.82, 2.24) is 9.38 Å². The van der Waals surface area contributed by atoms with Crippen LogP contribution < -0.4 is 5.56 Å². The Bertz CT molecular complexity index is 853. The van der Waals surface area contributed by atoms with Gasteiger partial charge >= 0.3 is 0 Å². The number of aromatic nitrogens is 2. The minimum atomic E-state index is -0.0755. The molecule has 0 radical (unpaired) electrons. The first kappa shape index (κ1) is 11.6. The van der Waals surface area contributed by atoms with E-state index >= 15 is 0 Å². The summed E-state index contributed by atoms with van der Waals surface area (Å²) in [7, 11) is 0. The number of nitrogens with zero attached hydrogens (tertiary/aromatic N) is 3. The monoisotopic (exact) mass is 267 g/mol. The molecule has 0 bridgehead atoms. The largest absolute Gasteiger partial charge is 0.268 e. The second-order valence-electron chi connectivity index (χ2n) is 4.12.